The van der Waals surface area contributed by atoms with Crippen molar-refractivity contribution in [1.29, 1.82) is 0 Å². The second-order valence-electron chi connectivity index (χ2n) is 4.04. The van der Waals surface area contributed by atoms with Crippen molar-refractivity contribution in [3.63, 3.8) is 0 Å². The van der Waals surface area contributed by atoms with Crippen molar-refractivity contribution < 1.29 is 0 Å². The largest absolute Gasteiger partial charge is 0.383 e. The van der Waals surface area contributed by atoms with Gasteiger partial charge in [-0.05, 0) is 12.1 Å². The fourth-order valence-corrected chi connectivity index (χ4v) is 1.82. The van der Waals surface area contributed by atoms with Gasteiger partial charge < -0.3 is 15.6 Å². The van der Waals surface area contributed by atoms with E-state index in [1.807, 2.05) is 24.3 Å². The Morgan fingerprint density at radius 1 is 1.33 bits per heavy atom. The summed E-state index contributed by atoms with van der Waals surface area (Å²) in [6.07, 6.45) is 1.63. The van der Waals surface area contributed by atoms with Gasteiger partial charge in [-0.2, -0.15) is 4.98 Å². The first-order chi connectivity index (χ1) is 8.65. The molecular weight excluding hydrogens is 230 g/mol. The summed E-state index contributed by atoms with van der Waals surface area (Å²) in [5.74, 6) is 0.773. The molecule has 0 spiro atoms. The van der Waals surface area contributed by atoms with Gasteiger partial charge in [-0.25, -0.2) is 9.79 Å². The van der Waals surface area contributed by atoms with Crippen molar-refractivity contribution in [3.8, 4) is 0 Å². The molecule has 18 heavy (non-hydrogen) atoms. The smallest absolute Gasteiger partial charge is 0.349 e. The third-order valence-corrected chi connectivity index (χ3v) is 2.76. The maximum absolute atomic E-state index is 11.6. The Hall–Kier alpha value is -2.63. The van der Waals surface area contributed by atoms with E-state index in [9.17, 15) is 4.79 Å². The number of nitrogens with two attached hydrogens (primary N) is 1. The highest BCUT2D eigenvalue weighted by Crippen LogP contribution is 2.31. The Balaban J connectivity index is 2.29. The Bertz CT molecular complexity index is 717. The van der Waals surface area contributed by atoms with Gasteiger partial charge in [-0.3, -0.25) is 0 Å². The van der Waals surface area contributed by atoms with Gasteiger partial charge in [0.2, 0.25) is 0 Å². The summed E-state index contributed by atoms with van der Waals surface area (Å²) < 4.78 is 1.37. The van der Waals surface area contributed by atoms with Crippen molar-refractivity contribution >= 4 is 23.0 Å². The molecule has 0 radical (unpaired) electrons. The van der Waals surface area contributed by atoms with Crippen molar-refractivity contribution in [2.24, 2.45) is 17.8 Å². The van der Waals surface area contributed by atoms with Gasteiger partial charge in [0.25, 0.3) is 0 Å². The molecule has 3 rings (SSSR count). The van der Waals surface area contributed by atoms with Crippen LogP contribution in [-0.4, -0.2) is 15.4 Å². The Kier molecular flexibility index (Phi) is 2.16. The Morgan fingerprint density at radius 2 is 2.11 bits per heavy atom. The number of fused-ring (bicyclic) bond motifs is 2. The normalized spacial score (nSPS) is 12.8. The molecule has 0 bridgehead atoms. The summed E-state index contributed by atoms with van der Waals surface area (Å²) in [4.78, 5) is 19.8. The van der Waals surface area contributed by atoms with Crippen molar-refractivity contribution in [2.45, 2.75) is 0 Å². The zero-order valence-corrected chi connectivity index (χ0v) is 9.71. The molecule has 6 heteroatoms. The minimum Gasteiger partial charge on any atom is -0.383 e. The van der Waals surface area contributed by atoms with E-state index in [0.29, 0.717) is 17.2 Å². The number of aryl methyl sites for hydroxylation is 1. The van der Waals surface area contributed by atoms with Crippen LogP contribution in [0.15, 0.2) is 40.2 Å². The quantitative estimate of drug-likeness (QED) is 0.716. The van der Waals surface area contributed by atoms with Crippen molar-refractivity contribution in [1.82, 2.24) is 9.55 Å². The van der Waals surface area contributed by atoms with E-state index in [0.717, 1.165) is 11.4 Å². The monoisotopic (exact) mass is 241 g/mol. The topological polar surface area (TPSA) is 85.3 Å². The van der Waals surface area contributed by atoms with Gasteiger partial charge in [0.1, 0.15) is 11.7 Å². The van der Waals surface area contributed by atoms with E-state index >= 15 is 0 Å². The molecule has 90 valence electrons. The van der Waals surface area contributed by atoms with Crippen LogP contribution in [0.5, 0.6) is 0 Å². The summed E-state index contributed by atoms with van der Waals surface area (Å²) in [6, 6.07) is 7.46. The fraction of sp³-hybridized carbons (Fsp3) is 0.0833. The van der Waals surface area contributed by atoms with Crippen LogP contribution in [-0.2, 0) is 7.05 Å². The molecule has 0 atom stereocenters. The number of aliphatic imine (C=N–C) groups is 1. The van der Waals surface area contributed by atoms with Crippen molar-refractivity contribution in [2.75, 3.05) is 5.32 Å². The zero-order valence-electron chi connectivity index (χ0n) is 9.71. The van der Waals surface area contributed by atoms with Gasteiger partial charge >= 0.3 is 5.69 Å². The Morgan fingerprint density at radius 3 is 2.94 bits per heavy atom. The second kappa shape index (κ2) is 3.69. The van der Waals surface area contributed by atoms with Gasteiger partial charge in [-0.1, -0.05) is 12.1 Å². The molecule has 1 aromatic heterocycles. The summed E-state index contributed by atoms with van der Waals surface area (Å²) in [5, 5.41) is 3.08. The molecule has 0 amide bonds. The first kappa shape index (κ1) is 10.5. The van der Waals surface area contributed by atoms with Crippen LogP contribution >= 0.6 is 0 Å². The second-order valence-corrected chi connectivity index (χ2v) is 4.04. The standard InChI is InChI=1S/C12H11N5O/c1-17-6-7-10(13)14-8-4-2-3-5-9(8)15-11(7)16-12(17)18/h2-6H,1H3,(H2,13,14)(H,15,16,18). The number of nitrogens with zero attached hydrogens (tertiary/aromatic N) is 3. The van der Waals surface area contributed by atoms with E-state index in [1.54, 1.807) is 13.2 Å². The van der Waals surface area contributed by atoms with E-state index in [4.69, 9.17) is 5.73 Å². The molecule has 6 nitrogen and oxygen atoms in total. The molecule has 1 aliphatic heterocycles. The number of nitrogens with one attached hydrogen (secondary N) is 1. The Labute approximate surface area is 103 Å². The molecule has 0 aliphatic carbocycles. The van der Waals surface area contributed by atoms with Gasteiger partial charge in [-0.15, -0.1) is 0 Å². The number of benzene rings is 1. The zero-order chi connectivity index (χ0) is 12.7. The van der Waals surface area contributed by atoms with Crippen LogP contribution in [0.25, 0.3) is 0 Å². The molecule has 1 aliphatic rings. The number of hydrogen-bond acceptors (Lipinski definition) is 5. The van der Waals surface area contributed by atoms with Crippen LogP contribution in [0.3, 0.4) is 0 Å². The minimum atomic E-state index is -0.339. The lowest BCUT2D eigenvalue weighted by Crippen LogP contribution is -2.25. The molecule has 2 aromatic rings. The van der Waals surface area contributed by atoms with E-state index in [2.05, 4.69) is 15.3 Å². The highest BCUT2D eigenvalue weighted by molar-refractivity contribution is 6.05. The van der Waals surface area contributed by atoms with Crippen molar-refractivity contribution in [3.05, 3.63) is 46.5 Å². The van der Waals surface area contributed by atoms with Crippen LogP contribution in [0.2, 0.25) is 0 Å². The van der Waals surface area contributed by atoms with Crippen LogP contribution in [0.4, 0.5) is 17.2 Å². The highest BCUT2D eigenvalue weighted by atomic mass is 16.1. The van der Waals surface area contributed by atoms with Gasteiger partial charge in [0, 0.05) is 13.2 Å². The molecule has 0 saturated heterocycles. The lowest BCUT2D eigenvalue weighted by atomic mass is 10.2. The first-order valence-electron chi connectivity index (χ1n) is 5.43. The molecule has 3 N–H and O–H groups in total. The number of hydrogen-bond donors (Lipinski definition) is 2. The third kappa shape index (κ3) is 1.55. The SMILES string of the molecule is Cn1cc2c(nc1=O)Nc1ccccc1N=C2N. The predicted octanol–water partition coefficient (Wildman–Crippen LogP) is 0.874. The van der Waals surface area contributed by atoms with Crippen LogP contribution in [0.1, 0.15) is 5.56 Å². The lowest BCUT2D eigenvalue weighted by Gasteiger charge is -2.08. The summed E-state index contributed by atoms with van der Waals surface area (Å²) in [5.41, 5.74) is 7.72. The third-order valence-electron chi connectivity index (χ3n) is 2.76. The molecule has 2 heterocycles. The van der Waals surface area contributed by atoms with Crippen LogP contribution < -0.4 is 16.7 Å². The summed E-state index contributed by atoms with van der Waals surface area (Å²) in [6.45, 7) is 0. The molecule has 1 aromatic carbocycles. The maximum Gasteiger partial charge on any atom is 0.349 e. The van der Waals surface area contributed by atoms with Gasteiger partial charge in [0.15, 0.2) is 0 Å². The molecule has 0 saturated carbocycles. The van der Waals surface area contributed by atoms with Gasteiger partial charge in [0.05, 0.1) is 16.9 Å². The van der Waals surface area contributed by atoms with E-state index in [1.165, 1.54) is 4.57 Å². The van der Waals surface area contributed by atoms with Crippen LogP contribution in [0, 0.1) is 0 Å². The highest BCUT2D eigenvalue weighted by Gasteiger charge is 2.16. The molecular formula is C12H11N5O. The number of aromatic nitrogens is 2. The molecule has 0 unspecified atom stereocenters. The maximum atomic E-state index is 11.6. The average molecular weight is 241 g/mol. The first-order valence-corrected chi connectivity index (χ1v) is 5.43. The average Bonchev–Trinajstić information content (AvgIpc) is 2.47. The molecule has 0 fully saturated rings. The fourth-order valence-electron chi connectivity index (χ4n) is 1.82. The number of para-hydroxylation sites is 2. The number of anilines is 2. The predicted molar refractivity (Wildman–Crippen MR) is 69.6 cm³/mol. The summed E-state index contributed by atoms with van der Waals surface area (Å²) in [7, 11) is 1.63. The lowest BCUT2D eigenvalue weighted by molar-refractivity contribution is 0.811. The number of rotatable bonds is 0. The van der Waals surface area contributed by atoms with E-state index in [-0.39, 0.29) is 5.69 Å². The minimum absolute atomic E-state index is 0.338. The number of amidine groups is 1. The summed E-state index contributed by atoms with van der Waals surface area (Å²) >= 11 is 0. The van der Waals surface area contributed by atoms with E-state index < -0.39 is 0 Å².